The monoisotopic (exact) mass is 311 g/mol. The Morgan fingerprint density at radius 2 is 1.73 bits per heavy atom. The molecule has 0 aliphatic carbocycles. The molecule has 0 saturated carbocycles. The summed E-state index contributed by atoms with van der Waals surface area (Å²) in [4.78, 5) is 14.5. The van der Waals surface area contributed by atoms with Crippen molar-refractivity contribution in [3.05, 3.63) is 71.8 Å². The summed E-state index contributed by atoms with van der Waals surface area (Å²) in [6.07, 6.45) is 0. The molecule has 0 N–H and O–H groups in total. The van der Waals surface area contributed by atoms with E-state index in [2.05, 4.69) is 0 Å². The molecule has 22 heavy (non-hydrogen) atoms. The molecule has 3 rings (SSSR count). The molecule has 1 saturated heterocycles. The van der Waals surface area contributed by atoms with Gasteiger partial charge in [0.25, 0.3) is 5.17 Å². The fraction of sp³-hybridized carbons (Fsp3) is 0.222. The molecule has 1 aliphatic heterocycles. The third-order valence-corrected chi connectivity index (χ3v) is 4.28. The van der Waals surface area contributed by atoms with Gasteiger partial charge in [-0.15, -0.1) is 0 Å². The summed E-state index contributed by atoms with van der Waals surface area (Å²) in [7, 11) is 0. The highest BCUT2D eigenvalue weighted by Gasteiger charge is 2.38. The van der Waals surface area contributed by atoms with Crippen molar-refractivity contribution >= 4 is 23.3 Å². The Bertz CT molecular complexity index is 672. The van der Waals surface area contributed by atoms with Gasteiger partial charge >= 0.3 is 0 Å². The van der Waals surface area contributed by atoms with Crippen LogP contribution in [0.3, 0.4) is 0 Å². The van der Waals surface area contributed by atoms with Gasteiger partial charge in [-0.3, -0.25) is 9.69 Å². The number of nitrogens with zero attached hydrogens (tertiary/aromatic N) is 1. The summed E-state index contributed by atoms with van der Waals surface area (Å²) >= 11 is 5.25. The molecule has 112 valence electrons. The van der Waals surface area contributed by atoms with Gasteiger partial charge in [0, 0.05) is 0 Å². The summed E-state index contributed by atoms with van der Waals surface area (Å²) < 4.78 is 5.48. The van der Waals surface area contributed by atoms with Crippen molar-refractivity contribution in [1.29, 1.82) is 0 Å². The van der Waals surface area contributed by atoms with E-state index in [4.69, 9.17) is 17.0 Å². The Hall–Kier alpha value is -2.20. The SMILES string of the molecule is C[C@@H](C(=O)N1C(=S)OC[C@@H]1c1ccccc1)c1ccccc1. The molecule has 2 atom stereocenters. The summed E-state index contributed by atoms with van der Waals surface area (Å²) in [5.41, 5.74) is 2.02. The molecule has 0 radical (unpaired) electrons. The van der Waals surface area contributed by atoms with E-state index in [1.807, 2.05) is 67.6 Å². The van der Waals surface area contributed by atoms with Gasteiger partial charge in [-0.25, -0.2) is 0 Å². The molecule has 2 aromatic rings. The van der Waals surface area contributed by atoms with E-state index in [0.717, 1.165) is 11.1 Å². The number of benzene rings is 2. The molecular weight excluding hydrogens is 294 g/mol. The third-order valence-electron chi connectivity index (χ3n) is 3.96. The molecule has 0 bridgehead atoms. The van der Waals surface area contributed by atoms with Crippen LogP contribution in [0.5, 0.6) is 0 Å². The maximum atomic E-state index is 12.9. The highest BCUT2D eigenvalue weighted by molar-refractivity contribution is 7.80. The summed E-state index contributed by atoms with van der Waals surface area (Å²) in [6, 6.07) is 19.4. The molecule has 1 fully saturated rings. The van der Waals surface area contributed by atoms with Crippen LogP contribution in [0.4, 0.5) is 0 Å². The van der Waals surface area contributed by atoms with Crippen LogP contribution in [0.1, 0.15) is 30.0 Å². The summed E-state index contributed by atoms with van der Waals surface area (Å²) in [5.74, 6) is -0.283. The lowest BCUT2D eigenvalue weighted by molar-refractivity contribution is -0.129. The van der Waals surface area contributed by atoms with E-state index in [0.29, 0.717) is 6.61 Å². The van der Waals surface area contributed by atoms with Crippen LogP contribution < -0.4 is 0 Å². The Morgan fingerprint density at radius 1 is 1.14 bits per heavy atom. The predicted octanol–water partition coefficient (Wildman–Crippen LogP) is 3.68. The van der Waals surface area contributed by atoms with Crippen molar-refractivity contribution in [3.63, 3.8) is 0 Å². The average molecular weight is 311 g/mol. The van der Waals surface area contributed by atoms with E-state index in [1.54, 1.807) is 4.90 Å². The minimum absolute atomic E-state index is 0.0254. The van der Waals surface area contributed by atoms with Crippen LogP contribution in [0.15, 0.2) is 60.7 Å². The number of amides is 1. The second-order valence-corrected chi connectivity index (χ2v) is 5.69. The van der Waals surface area contributed by atoms with Gasteiger partial charge in [0.2, 0.25) is 5.91 Å². The summed E-state index contributed by atoms with van der Waals surface area (Å²) in [6.45, 7) is 2.32. The molecular formula is C18H17NO2S. The van der Waals surface area contributed by atoms with Crippen LogP contribution in [0.25, 0.3) is 0 Å². The smallest absolute Gasteiger partial charge is 0.266 e. The molecule has 3 nitrogen and oxygen atoms in total. The second-order valence-electron chi connectivity index (χ2n) is 5.34. The molecule has 1 aliphatic rings. The average Bonchev–Trinajstić information content (AvgIpc) is 2.96. The van der Waals surface area contributed by atoms with Crippen molar-refractivity contribution in [2.45, 2.75) is 18.9 Å². The zero-order valence-electron chi connectivity index (χ0n) is 12.3. The Morgan fingerprint density at radius 3 is 2.36 bits per heavy atom. The summed E-state index contributed by atoms with van der Waals surface area (Å²) in [5, 5.41) is 0.265. The lowest BCUT2D eigenvalue weighted by atomic mass is 9.98. The molecule has 0 unspecified atom stereocenters. The highest BCUT2D eigenvalue weighted by atomic mass is 32.1. The topological polar surface area (TPSA) is 29.5 Å². The maximum absolute atomic E-state index is 12.9. The standard InChI is InChI=1S/C18H17NO2S/c1-13(14-8-4-2-5-9-14)17(20)19-16(12-21-18(19)22)15-10-6-3-7-11-15/h2-11,13,16H,12H2,1H3/t13-,16-/m1/s1. The Labute approximate surface area is 135 Å². The van der Waals surface area contributed by atoms with Crippen LogP contribution in [-0.4, -0.2) is 22.6 Å². The van der Waals surface area contributed by atoms with Crippen molar-refractivity contribution < 1.29 is 9.53 Å². The maximum Gasteiger partial charge on any atom is 0.266 e. The van der Waals surface area contributed by atoms with Crippen LogP contribution in [0, 0.1) is 0 Å². The van der Waals surface area contributed by atoms with Crippen LogP contribution >= 0.6 is 12.2 Å². The number of ether oxygens (including phenoxy) is 1. The third kappa shape index (κ3) is 2.74. The van der Waals surface area contributed by atoms with Gasteiger partial charge in [0.1, 0.15) is 6.61 Å². The quantitative estimate of drug-likeness (QED) is 0.810. The predicted molar refractivity (Wildman–Crippen MR) is 89.4 cm³/mol. The van der Waals surface area contributed by atoms with Crippen molar-refractivity contribution in [1.82, 2.24) is 4.90 Å². The van der Waals surface area contributed by atoms with Gasteiger partial charge in [-0.2, -0.15) is 0 Å². The number of carbonyl (C=O) groups excluding carboxylic acids is 1. The number of carbonyl (C=O) groups is 1. The van der Waals surface area contributed by atoms with E-state index < -0.39 is 0 Å². The Balaban J connectivity index is 1.88. The number of rotatable bonds is 3. The minimum Gasteiger partial charge on any atom is -0.468 e. The number of thiocarbonyl (C=S) groups is 1. The molecule has 1 heterocycles. The lowest BCUT2D eigenvalue weighted by Gasteiger charge is -2.24. The first-order chi connectivity index (χ1) is 10.7. The first-order valence-corrected chi connectivity index (χ1v) is 7.69. The Kier molecular flexibility index (Phi) is 4.20. The second kappa shape index (κ2) is 6.28. The molecule has 0 spiro atoms. The molecule has 4 heteroatoms. The normalized spacial score (nSPS) is 18.9. The minimum atomic E-state index is -0.257. The highest BCUT2D eigenvalue weighted by Crippen LogP contribution is 2.31. The lowest BCUT2D eigenvalue weighted by Crippen LogP contribution is -2.36. The first kappa shape index (κ1) is 14.7. The van der Waals surface area contributed by atoms with Gasteiger partial charge in [0.05, 0.1) is 12.0 Å². The van der Waals surface area contributed by atoms with Gasteiger partial charge in [-0.1, -0.05) is 60.7 Å². The van der Waals surface area contributed by atoms with Gasteiger partial charge < -0.3 is 4.74 Å². The van der Waals surface area contributed by atoms with Crippen LogP contribution in [0.2, 0.25) is 0 Å². The zero-order valence-corrected chi connectivity index (χ0v) is 13.1. The van der Waals surface area contributed by atoms with Gasteiger partial charge in [-0.05, 0) is 30.3 Å². The molecule has 1 amide bonds. The van der Waals surface area contributed by atoms with Gasteiger partial charge in [0.15, 0.2) is 0 Å². The first-order valence-electron chi connectivity index (χ1n) is 7.28. The van der Waals surface area contributed by atoms with Crippen molar-refractivity contribution in [3.8, 4) is 0 Å². The van der Waals surface area contributed by atoms with E-state index >= 15 is 0 Å². The van der Waals surface area contributed by atoms with Crippen molar-refractivity contribution in [2.24, 2.45) is 0 Å². The zero-order chi connectivity index (χ0) is 15.5. The van der Waals surface area contributed by atoms with Crippen molar-refractivity contribution in [2.75, 3.05) is 6.61 Å². The van der Waals surface area contributed by atoms with E-state index in [9.17, 15) is 4.79 Å². The fourth-order valence-electron chi connectivity index (χ4n) is 2.68. The van der Waals surface area contributed by atoms with Crippen LogP contribution in [-0.2, 0) is 9.53 Å². The molecule has 2 aromatic carbocycles. The molecule has 0 aromatic heterocycles. The largest absolute Gasteiger partial charge is 0.468 e. The number of hydrogen-bond donors (Lipinski definition) is 0. The number of hydrogen-bond acceptors (Lipinski definition) is 3. The van der Waals surface area contributed by atoms with E-state index in [-0.39, 0.29) is 23.0 Å². The van der Waals surface area contributed by atoms with E-state index in [1.165, 1.54) is 0 Å². The fourth-order valence-corrected chi connectivity index (χ4v) is 2.96.